The van der Waals surface area contributed by atoms with E-state index in [0.29, 0.717) is 0 Å². The maximum Gasteiger partial charge on any atom is 0.314 e. The first-order chi connectivity index (χ1) is 11.1. The highest BCUT2D eigenvalue weighted by Crippen LogP contribution is 2.60. The summed E-state index contributed by atoms with van der Waals surface area (Å²) in [5.74, 6) is 2.46. The van der Waals surface area contributed by atoms with Gasteiger partial charge in [-0.3, -0.25) is 0 Å². The fourth-order valence-electron chi connectivity index (χ4n) is 2.28. The summed E-state index contributed by atoms with van der Waals surface area (Å²) in [7, 11) is 0.237. The van der Waals surface area contributed by atoms with Crippen molar-refractivity contribution in [3.8, 4) is 0 Å². The zero-order valence-electron chi connectivity index (χ0n) is 13.0. The molecule has 0 aromatic heterocycles. The van der Waals surface area contributed by atoms with Gasteiger partial charge in [-0.1, -0.05) is 36.4 Å². The predicted octanol–water partition coefficient (Wildman–Crippen LogP) is 2.46. The molecule has 0 bridgehead atoms. The summed E-state index contributed by atoms with van der Waals surface area (Å²) in [6.07, 6.45) is 0. The van der Waals surface area contributed by atoms with Crippen LogP contribution in [0.2, 0.25) is 0 Å². The highest BCUT2D eigenvalue weighted by Gasteiger charge is 2.40. The summed E-state index contributed by atoms with van der Waals surface area (Å²) >= 11 is 0. The van der Waals surface area contributed by atoms with E-state index >= 15 is 0 Å². The molecule has 5 heteroatoms. The van der Waals surface area contributed by atoms with Gasteiger partial charge in [-0.25, -0.2) is 0 Å². The fourth-order valence-corrected chi connectivity index (χ4v) is 5.47. The van der Waals surface area contributed by atoms with Crippen LogP contribution in [0.3, 0.4) is 0 Å². The number of ether oxygens (including phenoxy) is 2. The third-order valence-electron chi connectivity index (χ3n) is 3.40. The molecule has 0 amide bonds. The van der Waals surface area contributed by atoms with Crippen LogP contribution in [0.1, 0.15) is 0 Å². The molecule has 23 heavy (non-hydrogen) atoms. The number of rotatable bonds is 6. The van der Waals surface area contributed by atoms with E-state index in [1.807, 2.05) is 60.7 Å². The van der Waals surface area contributed by atoms with Crippen LogP contribution in [0.15, 0.2) is 84.2 Å². The SMILES string of the molecule is COC([O-])=C[P+](/C=C(\O)OC)(c1ccccc1)c1ccccc1. The smallest absolute Gasteiger partial charge is 0.314 e. The van der Waals surface area contributed by atoms with E-state index in [2.05, 4.69) is 0 Å². The lowest BCUT2D eigenvalue weighted by molar-refractivity contribution is -0.352. The molecule has 0 atom stereocenters. The Balaban J connectivity index is 2.79. The number of benzene rings is 2. The zero-order chi connectivity index (χ0) is 16.7. The first-order valence-electron chi connectivity index (χ1n) is 7.01. The van der Waals surface area contributed by atoms with Crippen LogP contribution in [-0.2, 0) is 9.47 Å². The number of hydrogen-bond acceptors (Lipinski definition) is 4. The molecule has 0 saturated heterocycles. The number of hydrogen-bond donors (Lipinski definition) is 1. The molecule has 0 spiro atoms. The normalized spacial score (nSPS) is 12.8. The molecule has 2 aromatic rings. The Labute approximate surface area is 136 Å². The molecule has 0 aliphatic heterocycles. The lowest BCUT2D eigenvalue weighted by atomic mass is 10.4. The maximum absolute atomic E-state index is 12.0. The topological polar surface area (TPSA) is 61.8 Å². The lowest BCUT2D eigenvalue weighted by Gasteiger charge is -2.22. The second kappa shape index (κ2) is 7.70. The van der Waals surface area contributed by atoms with E-state index < -0.39 is 13.2 Å². The fraction of sp³-hybridized carbons (Fsp3) is 0.111. The molecule has 2 rings (SSSR count). The molecular formula is C18H19O4P. The molecule has 2 aromatic carbocycles. The minimum absolute atomic E-state index is 0.230. The van der Waals surface area contributed by atoms with Crippen LogP contribution in [0, 0.1) is 0 Å². The van der Waals surface area contributed by atoms with Gasteiger partial charge in [0.05, 0.1) is 18.9 Å². The highest BCUT2D eigenvalue weighted by atomic mass is 31.2. The van der Waals surface area contributed by atoms with Crippen molar-refractivity contribution in [3.05, 3.63) is 84.2 Å². The predicted molar refractivity (Wildman–Crippen MR) is 91.9 cm³/mol. The standard InChI is InChI=1S/C18H19O4P/c1-21-17(19)13-23(14-18(20)22-2,15-9-5-3-6-10-15)16-11-7-4-8-12-16/h3-14H,1-2H3,(H-,19,20)/b17-13+,18-14?. The summed E-state index contributed by atoms with van der Waals surface area (Å²) in [6.45, 7) is 0. The van der Waals surface area contributed by atoms with Gasteiger partial charge in [0.2, 0.25) is 0 Å². The van der Waals surface area contributed by atoms with Gasteiger partial charge in [0.1, 0.15) is 17.9 Å². The van der Waals surface area contributed by atoms with Crippen LogP contribution in [-0.4, -0.2) is 19.3 Å². The van der Waals surface area contributed by atoms with Crippen LogP contribution >= 0.6 is 7.26 Å². The Morgan fingerprint density at radius 1 is 0.870 bits per heavy atom. The van der Waals surface area contributed by atoms with Crippen LogP contribution in [0.25, 0.3) is 0 Å². The van der Waals surface area contributed by atoms with Crippen LogP contribution in [0.4, 0.5) is 0 Å². The third-order valence-corrected chi connectivity index (χ3v) is 6.95. The van der Waals surface area contributed by atoms with Gasteiger partial charge in [-0.2, -0.15) is 0 Å². The minimum atomic E-state index is -2.48. The Kier molecular flexibility index (Phi) is 5.67. The van der Waals surface area contributed by atoms with Crippen molar-refractivity contribution in [1.29, 1.82) is 0 Å². The van der Waals surface area contributed by atoms with Crippen molar-refractivity contribution in [2.24, 2.45) is 0 Å². The van der Waals surface area contributed by atoms with Crippen molar-refractivity contribution in [2.45, 2.75) is 0 Å². The number of aliphatic hydroxyl groups is 1. The molecule has 0 radical (unpaired) electrons. The summed E-state index contributed by atoms with van der Waals surface area (Å²) in [5, 5.41) is 23.9. The lowest BCUT2D eigenvalue weighted by Crippen LogP contribution is -2.21. The van der Waals surface area contributed by atoms with Crippen LogP contribution < -0.4 is 15.7 Å². The second-order valence-corrected chi connectivity index (χ2v) is 7.88. The second-order valence-electron chi connectivity index (χ2n) is 4.77. The van der Waals surface area contributed by atoms with E-state index in [0.717, 1.165) is 10.6 Å². The molecular weight excluding hydrogens is 311 g/mol. The molecule has 120 valence electrons. The highest BCUT2D eigenvalue weighted by molar-refractivity contribution is 7.94. The molecule has 0 heterocycles. The van der Waals surface area contributed by atoms with Crippen molar-refractivity contribution in [2.75, 3.05) is 14.2 Å². The van der Waals surface area contributed by atoms with Gasteiger partial charge < -0.3 is 19.7 Å². The number of aliphatic hydroxyl groups excluding tert-OH is 1. The van der Waals surface area contributed by atoms with E-state index in [1.54, 1.807) is 5.82 Å². The van der Waals surface area contributed by atoms with Gasteiger partial charge in [0.15, 0.2) is 5.82 Å². The Bertz CT molecular complexity index is 619. The average molecular weight is 330 g/mol. The Morgan fingerprint density at radius 2 is 1.35 bits per heavy atom. The molecule has 0 aliphatic rings. The molecule has 0 aliphatic carbocycles. The number of methoxy groups -OCH3 is 2. The third kappa shape index (κ3) is 3.85. The van der Waals surface area contributed by atoms with Gasteiger partial charge in [-0.15, -0.1) is 0 Å². The van der Waals surface area contributed by atoms with Crippen molar-refractivity contribution in [1.82, 2.24) is 0 Å². The summed E-state index contributed by atoms with van der Waals surface area (Å²) in [5.41, 5.74) is 0. The monoisotopic (exact) mass is 330 g/mol. The van der Waals surface area contributed by atoms with Gasteiger partial charge in [-0.05, 0) is 31.4 Å². The first-order valence-corrected chi connectivity index (χ1v) is 8.94. The largest absolute Gasteiger partial charge is 0.614 e. The maximum atomic E-state index is 12.0. The van der Waals surface area contributed by atoms with E-state index in [-0.39, 0.29) is 5.95 Å². The molecule has 1 N–H and O–H groups in total. The average Bonchev–Trinajstić information content (AvgIpc) is 2.62. The van der Waals surface area contributed by atoms with Crippen LogP contribution in [0.5, 0.6) is 0 Å². The minimum Gasteiger partial charge on any atom is -0.614 e. The van der Waals surface area contributed by atoms with Crippen molar-refractivity contribution < 1.29 is 19.7 Å². The molecule has 0 unspecified atom stereocenters. The molecule has 0 fully saturated rings. The van der Waals surface area contributed by atoms with Gasteiger partial charge >= 0.3 is 5.95 Å². The van der Waals surface area contributed by atoms with Crippen molar-refractivity contribution >= 4 is 17.9 Å². The van der Waals surface area contributed by atoms with Crippen molar-refractivity contribution in [3.63, 3.8) is 0 Å². The Hall–Kier alpha value is -2.45. The Morgan fingerprint density at radius 3 is 1.74 bits per heavy atom. The summed E-state index contributed by atoms with van der Waals surface area (Å²) < 4.78 is 9.78. The molecule has 0 saturated carbocycles. The molecule has 4 nitrogen and oxygen atoms in total. The summed E-state index contributed by atoms with van der Waals surface area (Å²) in [6, 6.07) is 19.1. The summed E-state index contributed by atoms with van der Waals surface area (Å²) in [4.78, 5) is 0. The zero-order valence-corrected chi connectivity index (χ0v) is 13.9. The van der Waals surface area contributed by atoms with E-state index in [9.17, 15) is 10.2 Å². The van der Waals surface area contributed by atoms with Gasteiger partial charge in [0.25, 0.3) is 0 Å². The van der Waals surface area contributed by atoms with E-state index in [1.165, 1.54) is 20.0 Å². The quantitative estimate of drug-likeness (QED) is 0.653. The van der Waals surface area contributed by atoms with E-state index in [4.69, 9.17) is 9.47 Å². The van der Waals surface area contributed by atoms with Gasteiger partial charge in [0, 0.05) is 0 Å². The first kappa shape index (κ1) is 16.9.